The first-order valence-electron chi connectivity index (χ1n) is 8.57. The van der Waals surface area contributed by atoms with E-state index in [0.717, 1.165) is 11.3 Å². The molecule has 1 aromatic rings. The smallest absolute Gasteiger partial charge is 0.323 e. The van der Waals surface area contributed by atoms with Crippen LogP contribution in [0.15, 0.2) is 11.4 Å². The van der Waals surface area contributed by atoms with Crippen LogP contribution in [-0.4, -0.2) is 34.8 Å². The predicted molar refractivity (Wildman–Crippen MR) is 97.4 cm³/mol. The van der Waals surface area contributed by atoms with Gasteiger partial charge in [-0.15, -0.1) is 11.3 Å². The van der Waals surface area contributed by atoms with Gasteiger partial charge in [0.1, 0.15) is 23.2 Å². The second-order valence-corrected chi connectivity index (χ2v) is 9.00. The van der Waals surface area contributed by atoms with Crippen molar-refractivity contribution >= 4 is 34.2 Å². The summed E-state index contributed by atoms with van der Waals surface area (Å²) in [4.78, 5) is 38.7. The fourth-order valence-corrected chi connectivity index (χ4v) is 5.21. The van der Waals surface area contributed by atoms with Gasteiger partial charge in [0.25, 0.3) is 5.91 Å². The van der Waals surface area contributed by atoms with Crippen LogP contribution in [0.25, 0.3) is 0 Å². The van der Waals surface area contributed by atoms with Gasteiger partial charge in [0.2, 0.25) is 5.91 Å². The van der Waals surface area contributed by atoms with E-state index in [1.807, 2.05) is 6.07 Å². The van der Waals surface area contributed by atoms with Crippen LogP contribution in [0.2, 0.25) is 0 Å². The summed E-state index contributed by atoms with van der Waals surface area (Å²) in [6.07, 6.45) is 2.15. The molecule has 2 heterocycles. The molecule has 2 atom stereocenters. The van der Waals surface area contributed by atoms with Crippen molar-refractivity contribution < 1.29 is 14.4 Å². The number of anilines is 1. The maximum Gasteiger partial charge on any atom is 0.325 e. The van der Waals surface area contributed by atoms with E-state index < -0.39 is 17.5 Å². The Balaban J connectivity index is 1.73. The van der Waals surface area contributed by atoms with Crippen LogP contribution in [-0.2, 0) is 9.59 Å². The van der Waals surface area contributed by atoms with Crippen LogP contribution in [0.3, 0.4) is 0 Å². The Morgan fingerprint density at radius 2 is 2.19 bits per heavy atom. The highest BCUT2D eigenvalue weighted by Crippen LogP contribution is 2.46. The Morgan fingerprint density at radius 1 is 1.46 bits per heavy atom. The summed E-state index contributed by atoms with van der Waals surface area (Å²) < 4.78 is 0. The number of urea groups is 1. The van der Waals surface area contributed by atoms with E-state index in [9.17, 15) is 14.4 Å². The molecule has 0 aromatic carbocycles. The molecule has 3 rings (SSSR count). The van der Waals surface area contributed by atoms with Gasteiger partial charge in [0.15, 0.2) is 0 Å². The highest BCUT2D eigenvalue weighted by atomic mass is 32.1. The number of amides is 4. The zero-order chi connectivity index (χ0) is 19.1. The third kappa shape index (κ3) is 3.31. The molecule has 26 heavy (non-hydrogen) atoms. The van der Waals surface area contributed by atoms with Gasteiger partial charge >= 0.3 is 6.03 Å². The summed E-state index contributed by atoms with van der Waals surface area (Å²) in [5, 5.41) is 16.6. The summed E-state index contributed by atoms with van der Waals surface area (Å²) in [5.41, 5.74) is -0.614. The van der Waals surface area contributed by atoms with Crippen molar-refractivity contribution in [2.45, 2.75) is 45.6 Å². The highest BCUT2D eigenvalue weighted by Gasteiger charge is 2.56. The van der Waals surface area contributed by atoms with E-state index in [0.29, 0.717) is 29.3 Å². The lowest BCUT2D eigenvalue weighted by Crippen LogP contribution is -2.54. The van der Waals surface area contributed by atoms with E-state index in [4.69, 9.17) is 5.26 Å². The lowest BCUT2D eigenvalue weighted by molar-refractivity contribution is -0.136. The van der Waals surface area contributed by atoms with Crippen LogP contribution < -0.4 is 10.6 Å². The van der Waals surface area contributed by atoms with E-state index in [1.54, 1.807) is 11.4 Å². The minimum atomic E-state index is -0.917. The van der Waals surface area contributed by atoms with Crippen molar-refractivity contribution in [1.29, 1.82) is 5.26 Å². The van der Waals surface area contributed by atoms with E-state index in [1.165, 1.54) is 11.3 Å². The molecule has 1 aliphatic heterocycles. The lowest BCUT2D eigenvalue weighted by Gasteiger charge is -2.43. The third-order valence-corrected chi connectivity index (χ3v) is 5.79. The number of rotatable bonds is 3. The largest absolute Gasteiger partial charge is 0.325 e. The number of carbonyl (C=O) groups excluding carboxylic acids is 3. The molecular formula is C18H22N4O3S. The molecule has 0 radical (unpaired) electrons. The van der Waals surface area contributed by atoms with Gasteiger partial charge in [-0.2, -0.15) is 5.26 Å². The molecule has 138 valence electrons. The van der Waals surface area contributed by atoms with Gasteiger partial charge in [-0.05, 0) is 42.0 Å². The first-order valence-corrected chi connectivity index (χ1v) is 9.45. The zero-order valence-corrected chi connectivity index (χ0v) is 15.9. The van der Waals surface area contributed by atoms with Gasteiger partial charge in [-0.3, -0.25) is 14.5 Å². The quantitative estimate of drug-likeness (QED) is 0.794. The van der Waals surface area contributed by atoms with Crippen LogP contribution in [0.1, 0.15) is 45.6 Å². The van der Waals surface area contributed by atoms with Crippen molar-refractivity contribution in [3.8, 4) is 6.07 Å². The first-order chi connectivity index (χ1) is 12.2. The Kier molecular flexibility index (Phi) is 4.53. The minimum Gasteiger partial charge on any atom is -0.323 e. The molecule has 4 amide bonds. The molecule has 8 heteroatoms. The van der Waals surface area contributed by atoms with Crippen LogP contribution in [0.4, 0.5) is 9.80 Å². The lowest BCUT2D eigenvalue weighted by atomic mass is 9.64. The summed E-state index contributed by atoms with van der Waals surface area (Å²) in [5.74, 6) is -0.516. The Bertz CT molecular complexity index is 810. The Hall–Kier alpha value is -2.40. The molecule has 2 fully saturated rings. The standard InChI is InChI=1S/C18H22N4O3S/c1-11-6-17(2,3)10-18(7-11)15(24)22(16(25)21-18)9-13(23)20-14-12(8-19)4-5-26-14/h4-5,11H,6-7,9-10H2,1-3H3,(H,20,23)(H,21,25)/t11-,18-/m0/s1. The average molecular weight is 374 g/mol. The topological polar surface area (TPSA) is 102 Å². The number of carbonyl (C=O) groups is 3. The molecule has 1 saturated carbocycles. The van der Waals surface area contributed by atoms with E-state index in [-0.39, 0.29) is 17.9 Å². The molecule has 1 saturated heterocycles. The fourth-order valence-electron chi connectivity index (χ4n) is 4.45. The molecule has 2 aliphatic rings. The maximum absolute atomic E-state index is 13.0. The summed E-state index contributed by atoms with van der Waals surface area (Å²) in [6.45, 7) is 5.92. The predicted octanol–water partition coefficient (Wildman–Crippen LogP) is 2.70. The number of nitrogens with zero attached hydrogens (tertiary/aromatic N) is 2. The van der Waals surface area contributed by atoms with E-state index >= 15 is 0 Å². The number of nitriles is 1. The number of thiophene rings is 1. The summed E-state index contributed by atoms with van der Waals surface area (Å²) >= 11 is 1.23. The van der Waals surface area contributed by atoms with E-state index in [2.05, 4.69) is 31.4 Å². The minimum absolute atomic E-state index is 0.0580. The van der Waals surface area contributed by atoms with Gasteiger partial charge in [0, 0.05) is 0 Å². The molecule has 2 N–H and O–H groups in total. The van der Waals surface area contributed by atoms with Gasteiger partial charge in [-0.25, -0.2) is 4.79 Å². The van der Waals surface area contributed by atoms with Crippen molar-refractivity contribution in [2.75, 3.05) is 11.9 Å². The maximum atomic E-state index is 13.0. The average Bonchev–Trinajstić information content (AvgIpc) is 3.03. The molecule has 0 unspecified atom stereocenters. The number of imide groups is 1. The number of hydrogen-bond acceptors (Lipinski definition) is 5. The van der Waals surface area contributed by atoms with Gasteiger partial charge < -0.3 is 10.6 Å². The van der Waals surface area contributed by atoms with Crippen LogP contribution in [0, 0.1) is 22.7 Å². The summed E-state index contributed by atoms with van der Waals surface area (Å²) in [6, 6.07) is 3.07. The Labute approximate surface area is 156 Å². The Morgan fingerprint density at radius 3 is 2.85 bits per heavy atom. The van der Waals surface area contributed by atoms with Crippen LogP contribution in [0.5, 0.6) is 0 Å². The van der Waals surface area contributed by atoms with Crippen molar-refractivity contribution in [2.24, 2.45) is 11.3 Å². The number of nitrogens with one attached hydrogen (secondary N) is 2. The normalized spacial score (nSPS) is 27.3. The molecule has 0 bridgehead atoms. The van der Waals surface area contributed by atoms with Gasteiger partial charge in [0.05, 0.1) is 5.56 Å². The molecule has 1 spiro atoms. The zero-order valence-electron chi connectivity index (χ0n) is 15.1. The van der Waals surface area contributed by atoms with Gasteiger partial charge in [-0.1, -0.05) is 20.8 Å². The third-order valence-electron chi connectivity index (χ3n) is 4.96. The second-order valence-electron chi connectivity index (χ2n) is 8.08. The molecular weight excluding hydrogens is 352 g/mol. The van der Waals surface area contributed by atoms with Crippen LogP contribution >= 0.6 is 11.3 Å². The second kappa shape index (κ2) is 6.40. The fraction of sp³-hybridized carbons (Fsp3) is 0.556. The summed E-state index contributed by atoms with van der Waals surface area (Å²) in [7, 11) is 0. The monoisotopic (exact) mass is 374 g/mol. The molecule has 7 nitrogen and oxygen atoms in total. The van der Waals surface area contributed by atoms with Crippen molar-refractivity contribution in [3.05, 3.63) is 17.0 Å². The number of hydrogen-bond donors (Lipinski definition) is 2. The first kappa shape index (κ1) is 18.4. The molecule has 1 aromatic heterocycles. The SMILES string of the molecule is C[C@H]1CC(C)(C)C[C@]2(C1)NC(=O)N(CC(=O)Nc1sccc1C#N)C2=O. The van der Waals surface area contributed by atoms with Crippen molar-refractivity contribution in [3.63, 3.8) is 0 Å². The highest BCUT2D eigenvalue weighted by molar-refractivity contribution is 7.14. The van der Waals surface area contributed by atoms with Crippen molar-refractivity contribution in [1.82, 2.24) is 10.2 Å². The molecule has 1 aliphatic carbocycles.